The lowest BCUT2D eigenvalue weighted by Crippen LogP contribution is -2.22. The number of fused-ring (bicyclic) bond motifs is 1. The van der Waals surface area contributed by atoms with Crippen LogP contribution in [-0.4, -0.2) is 26.3 Å². The summed E-state index contributed by atoms with van der Waals surface area (Å²) in [6.07, 6.45) is 1.20. The fourth-order valence-corrected chi connectivity index (χ4v) is 5.96. The number of thiazole rings is 1. The summed E-state index contributed by atoms with van der Waals surface area (Å²) in [5.74, 6) is 1.48. The highest BCUT2D eigenvalue weighted by atomic mass is 32.2. The second-order valence-electron chi connectivity index (χ2n) is 6.29. The van der Waals surface area contributed by atoms with Crippen molar-refractivity contribution in [2.45, 2.75) is 29.4 Å². The van der Waals surface area contributed by atoms with Crippen LogP contribution in [0.2, 0.25) is 0 Å². The fourth-order valence-electron chi connectivity index (χ4n) is 2.85. The van der Waals surface area contributed by atoms with Crippen LogP contribution in [0.5, 0.6) is 5.75 Å². The second-order valence-corrected chi connectivity index (χ2v) is 10.4. The largest absolute Gasteiger partial charge is 0.497 e. The third-order valence-corrected chi connectivity index (χ3v) is 7.81. The summed E-state index contributed by atoms with van der Waals surface area (Å²) in [4.78, 5) is 4.64. The molecule has 1 unspecified atom stereocenters. The van der Waals surface area contributed by atoms with Crippen molar-refractivity contribution >= 4 is 43.3 Å². The van der Waals surface area contributed by atoms with Gasteiger partial charge in [0.25, 0.3) is 0 Å². The standard InChI is InChI=1S/C19H22N2O3S3/c1-13-5-10-17-16(12-13)21-19(26-17)25-11-3-4-18(27(20,22)23)14-6-8-15(24-2)9-7-14/h5-10,12,18H,3-4,11H2,1-2H3,(H2,20,22,23). The number of sulfonamides is 1. The number of primary sulfonamides is 1. The minimum Gasteiger partial charge on any atom is -0.497 e. The van der Waals surface area contributed by atoms with Gasteiger partial charge in [-0.3, -0.25) is 0 Å². The number of rotatable bonds is 8. The van der Waals surface area contributed by atoms with Crippen molar-refractivity contribution in [1.29, 1.82) is 0 Å². The van der Waals surface area contributed by atoms with Crippen molar-refractivity contribution in [3.63, 3.8) is 0 Å². The van der Waals surface area contributed by atoms with Crippen molar-refractivity contribution in [2.24, 2.45) is 5.14 Å². The van der Waals surface area contributed by atoms with E-state index in [2.05, 4.69) is 30.1 Å². The van der Waals surface area contributed by atoms with E-state index in [9.17, 15) is 8.42 Å². The van der Waals surface area contributed by atoms with Crippen LogP contribution in [0.4, 0.5) is 0 Å². The zero-order valence-electron chi connectivity index (χ0n) is 15.2. The van der Waals surface area contributed by atoms with E-state index in [4.69, 9.17) is 9.88 Å². The first-order valence-electron chi connectivity index (χ1n) is 8.52. The Morgan fingerprint density at radius 2 is 1.96 bits per heavy atom. The maximum Gasteiger partial charge on any atom is 0.216 e. The molecular weight excluding hydrogens is 400 g/mol. The normalized spacial score (nSPS) is 13.0. The zero-order chi connectivity index (χ0) is 19.4. The number of hydrogen-bond acceptors (Lipinski definition) is 6. The summed E-state index contributed by atoms with van der Waals surface area (Å²) >= 11 is 3.32. The van der Waals surface area contributed by atoms with Crippen LogP contribution < -0.4 is 9.88 Å². The molecule has 0 bridgehead atoms. The van der Waals surface area contributed by atoms with E-state index in [1.54, 1.807) is 54.5 Å². The van der Waals surface area contributed by atoms with E-state index in [1.807, 2.05) is 0 Å². The smallest absolute Gasteiger partial charge is 0.216 e. The highest BCUT2D eigenvalue weighted by molar-refractivity contribution is 8.01. The molecule has 144 valence electrons. The van der Waals surface area contributed by atoms with Gasteiger partial charge in [0.05, 0.1) is 17.3 Å². The average Bonchev–Trinajstić information content (AvgIpc) is 3.02. The van der Waals surface area contributed by atoms with Gasteiger partial charge in [-0.1, -0.05) is 30.0 Å². The molecule has 0 aliphatic heterocycles. The van der Waals surface area contributed by atoms with E-state index in [0.717, 1.165) is 22.0 Å². The molecule has 0 aliphatic rings. The maximum absolute atomic E-state index is 12.0. The number of thioether (sulfide) groups is 1. The zero-order valence-corrected chi connectivity index (χ0v) is 17.7. The van der Waals surface area contributed by atoms with Gasteiger partial charge in [-0.15, -0.1) is 11.3 Å². The Bertz CT molecular complexity index is 1010. The molecular formula is C19H22N2O3S3. The van der Waals surface area contributed by atoms with Crippen LogP contribution in [0, 0.1) is 6.92 Å². The fraction of sp³-hybridized carbons (Fsp3) is 0.316. The first kappa shape index (κ1) is 20.1. The molecule has 8 heteroatoms. The van der Waals surface area contributed by atoms with Crippen LogP contribution in [0.25, 0.3) is 10.2 Å². The number of aryl methyl sites for hydroxylation is 1. The van der Waals surface area contributed by atoms with Gasteiger partial charge in [-0.25, -0.2) is 18.5 Å². The molecule has 1 atom stereocenters. The molecule has 0 saturated carbocycles. The number of aromatic nitrogens is 1. The SMILES string of the molecule is COc1ccc(C(CCCSc2nc3cc(C)ccc3s2)S(N)(=O)=O)cc1. The van der Waals surface area contributed by atoms with Gasteiger partial charge in [-0.05, 0) is 55.2 Å². The number of ether oxygens (including phenoxy) is 1. The molecule has 0 amide bonds. The Labute approximate surface area is 168 Å². The molecule has 2 N–H and O–H groups in total. The predicted octanol–water partition coefficient (Wildman–Crippen LogP) is 4.52. The van der Waals surface area contributed by atoms with Gasteiger partial charge in [0, 0.05) is 5.75 Å². The van der Waals surface area contributed by atoms with Gasteiger partial charge >= 0.3 is 0 Å². The molecule has 2 aromatic carbocycles. The summed E-state index contributed by atoms with van der Waals surface area (Å²) in [5, 5.41) is 4.76. The summed E-state index contributed by atoms with van der Waals surface area (Å²) in [6, 6.07) is 13.3. The van der Waals surface area contributed by atoms with E-state index in [0.29, 0.717) is 17.7 Å². The Morgan fingerprint density at radius 3 is 2.63 bits per heavy atom. The molecule has 1 heterocycles. The topological polar surface area (TPSA) is 82.3 Å². The van der Waals surface area contributed by atoms with Gasteiger partial charge in [0.1, 0.15) is 11.0 Å². The van der Waals surface area contributed by atoms with E-state index >= 15 is 0 Å². The molecule has 0 radical (unpaired) electrons. The van der Waals surface area contributed by atoms with Crippen LogP contribution in [0.3, 0.4) is 0 Å². The van der Waals surface area contributed by atoms with Crippen LogP contribution in [0.15, 0.2) is 46.8 Å². The van der Waals surface area contributed by atoms with Crippen molar-refractivity contribution < 1.29 is 13.2 Å². The average molecular weight is 423 g/mol. The van der Waals surface area contributed by atoms with Crippen LogP contribution >= 0.6 is 23.1 Å². The minimum atomic E-state index is -3.67. The molecule has 3 rings (SSSR count). The Kier molecular flexibility index (Phi) is 6.41. The Balaban J connectivity index is 1.61. The van der Waals surface area contributed by atoms with Gasteiger partial charge in [0.15, 0.2) is 4.34 Å². The van der Waals surface area contributed by atoms with E-state index in [-0.39, 0.29) is 0 Å². The lowest BCUT2D eigenvalue weighted by atomic mass is 10.1. The lowest BCUT2D eigenvalue weighted by molar-refractivity contribution is 0.414. The van der Waals surface area contributed by atoms with Crippen LogP contribution in [0.1, 0.15) is 29.2 Å². The van der Waals surface area contributed by atoms with Crippen molar-refractivity contribution in [3.8, 4) is 5.75 Å². The molecule has 27 heavy (non-hydrogen) atoms. The molecule has 5 nitrogen and oxygen atoms in total. The third-order valence-electron chi connectivity index (χ3n) is 4.24. The number of hydrogen-bond donors (Lipinski definition) is 1. The van der Waals surface area contributed by atoms with Crippen molar-refractivity contribution in [2.75, 3.05) is 12.9 Å². The first-order valence-corrected chi connectivity index (χ1v) is 11.9. The first-order chi connectivity index (χ1) is 12.9. The monoisotopic (exact) mass is 422 g/mol. The highest BCUT2D eigenvalue weighted by Gasteiger charge is 2.23. The molecule has 0 saturated heterocycles. The Hall–Kier alpha value is -1.61. The molecule has 3 aromatic rings. The van der Waals surface area contributed by atoms with E-state index in [1.165, 1.54) is 10.3 Å². The summed E-state index contributed by atoms with van der Waals surface area (Å²) in [7, 11) is -2.09. The molecule has 0 spiro atoms. The third kappa shape index (κ3) is 5.22. The van der Waals surface area contributed by atoms with Gasteiger partial charge in [0.2, 0.25) is 10.0 Å². The summed E-state index contributed by atoms with van der Waals surface area (Å²) < 4.78 is 31.4. The van der Waals surface area contributed by atoms with Gasteiger partial charge < -0.3 is 4.74 Å². The predicted molar refractivity (Wildman–Crippen MR) is 113 cm³/mol. The van der Waals surface area contributed by atoms with Gasteiger partial charge in [-0.2, -0.15) is 0 Å². The summed E-state index contributed by atoms with van der Waals surface area (Å²) in [6.45, 7) is 2.05. The highest BCUT2D eigenvalue weighted by Crippen LogP contribution is 2.32. The second kappa shape index (κ2) is 8.60. The number of nitrogens with two attached hydrogens (primary N) is 1. The van der Waals surface area contributed by atoms with Crippen LogP contribution in [-0.2, 0) is 10.0 Å². The quantitative estimate of drug-likeness (QED) is 0.426. The maximum atomic E-state index is 12.0. The molecule has 0 aliphatic carbocycles. The number of methoxy groups -OCH3 is 1. The van der Waals surface area contributed by atoms with E-state index < -0.39 is 15.3 Å². The summed E-state index contributed by atoms with van der Waals surface area (Å²) in [5.41, 5.74) is 2.90. The molecule has 0 fully saturated rings. The number of benzene rings is 2. The van der Waals surface area contributed by atoms with Crippen molar-refractivity contribution in [3.05, 3.63) is 53.6 Å². The molecule has 1 aromatic heterocycles. The lowest BCUT2D eigenvalue weighted by Gasteiger charge is -2.15. The number of nitrogens with zero attached hydrogens (tertiary/aromatic N) is 1. The van der Waals surface area contributed by atoms with Crippen molar-refractivity contribution in [1.82, 2.24) is 4.98 Å². The minimum absolute atomic E-state index is 0.474. The Morgan fingerprint density at radius 1 is 1.22 bits per heavy atom.